The van der Waals surface area contributed by atoms with E-state index >= 15 is 0 Å². The lowest BCUT2D eigenvalue weighted by Gasteiger charge is -2.15. The average molecular weight is 166 g/mol. The molecule has 1 atom stereocenters. The Morgan fingerprint density at radius 3 is 2.33 bits per heavy atom. The van der Waals surface area contributed by atoms with Crippen LogP contribution in [-0.4, -0.2) is 17.3 Å². The Bertz CT molecular complexity index is 286. The van der Waals surface area contributed by atoms with Crippen LogP contribution >= 0.6 is 0 Å². The van der Waals surface area contributed by atoms with Gasteiger partial charge in [-0.3, -0.25) is 14.4 Å². The lowest BCUT2D eigenvalue weighted by Crippen LogP contribution is -2.33. The van der Waals surface area contributed by atoms with Crippen LogP contribution in [-0.2, 0) is 14.4 Å². The maximum atomic E-state index is 11.3. The largest absolute Gasteiger partial charge is 0.294 e. The van der Waals surface area contributed by atoms with Gasteiger partial charge >= 0.3 is 0 Å². The Labute approximate surface area is 70.4 Å². The maximum absolute atomic E-state index is 11.3. The summed E-state index contributed by atoms with van der Waals surface area (Å²) in [5.41, 5.74) is 0.395. The van der Waals surface area contributed by atoms with E-state index in [4.69, 9.17) is 0 Å². The third-order valence-electron chi connectivity index (χ3n) is 2.02. The summed E-state index contributed by atoms with van der Waals surface area (Å²) in [5, 5.41) is 0. The van der Waals surface area contributed by atoms with Crippen molar-refractivity contribution in [1.29, 1.82) is 0 Å². The first kappa shape index (κ1) is 8.84. The summed E-state index contributed by atoms with van der Waals surface area (Å²) in [7, 11) is 0. The fraction of sp³-hybridized carbons (Fsp3) is 0.444. The molecule has 0 radical (unpaired) electrons. The monoisotopic (exact) mass is 166 g/mol. The number of carbonyl (C=O) groups is 3. The molecule has 1 aliphatic carbocycles. The number of carbonyl (C=O) groups excluding carboxylic acids is 3. The maximum Gasteiger partial charge on any atom is 0.222 e. The van der Waals surface area contributed by atoms with Gasteiger partial charge in [0.1, 0.15) is 0 Å². The van der Waals surface area contributed by atoms with Gasteiger partial charge < -0.3 is 0 Å². The minimum Gasteiger partial charge on any atom is -0.294 e. The first-order valence-electron chi connectivity index (χ1n) is 3.88. The lowest BCUT2D eigenvalue weighted by atomic mass is 9.85. The smallest absolute Gasteiger partial charge is 0.222 e. The summed E-state index contributed by atoms with van der Waals surface area (Å²) < 4.78 is 0. The molecule has 1 rings (SSSR count). The number of Topliss-reactive ketones (excluding diaryl/α,β-unsaturated/α-hetero) is 2. The summed E-state index contributed by atoms with van der Waals surface area (Å²) in [6.07, 6.45) is 1.53. The standard InChI is InChI=1S/C9H10O3/c1-3-6-8(11)5(2)4-7(10)9(6)12/h4,6H,3H2,1-2H3. The summed E-state index contributed by atoms with van der Waals surface area (Å²) in [5.74, 6) is -2.03. The highest BCUT2D eigenvalue weighted by Gasteiger charge is 2.33. The van der Waals surface area contributed by atoms with Crippen LogP contribution in [0.1, 0.15) is 20.3 Å². The number of hydrogen-bond donors (Lipinski definition) is 0. The van der Waals surface area contributed by atoms with Gasteiger partial charge in [-0.05, 0) is 25.0 Å². The first-order chi connectivity index (χ1) is 5.57. The lowest BCUT2D eigenvalue weighted by molar-refractivity contribution is -0.140. The van der Waals surface area contributed by atoms with Crippen molar-refractivity contribution in [3.63, 3.8) is 0 Å². The van der Waals surface area contributed by atoms with Crippen LogP contribution in [0.5, 0.6) is 0 Å². The van der Waals surface area contributed by atoms with E-state index in [9.17, 15) is 14.4 Å². The summed E-state index contributed by atoms with van der Waals surface area (Å²) in [6, 6.07) is 0. The molecule has 0 aromatic rings. The Balaban J connectivity index is 3.08. The van der Waals surface area contributed by atoms with Gasteiger partial charge in [-0.15, -0.1) is 0 Å². The van der Waals surface area contributed by atoms with Gasteiger partial charge in [0.25, 0.3) is 0 Å². The normalized spacial score (nSPS) is 24.3. The zero-order chi connectivity index (χ0) is 9.30. The van der Waals surface area contributed by atoms with E-state index in [-0.39, 0.29) is 5.78 Å². The molecular weight excluding hydrogens is 156 g/mol. The molecule has 0 bridgehead atoms. The molecule has 3 heteroatoms. The molecule has 0 amide bonds. The Morgan fingerprint density at radius 2 is 1.83 bits per heavy atom. The quantitative estimate of drug-likeness (QED) is 0.425. The highest BCUT2D eigenvalue weighted by atomic mass is 16.2. The van der Waals surface area contributed by atoms with Crippen molar-refractivity contribution in [3.8, 4) is 0 Å². The number of ketones is 3. The molecule has 0 N–H and O–H groups in total. The molecule has 0 saturated heterocycles. The van der Waals surface area contributed by atoms with E-state index in [0.717, 1.165) is 6.08 Å². The van der Waals surface area contributed by atoms with Crippen LogP contribution < -0.4 is 0 Å². The van der Waals surface area contributed by atoms with E-state index in [1.807, 2.05) is 0 Å². The fourth-order valence-corrected chi connectivity index (χ4v) is 1.28. The Kier molecular flexibility index (Phi) is 2.22. The fourth-order valence-electron chi connectivity index (χ4n) is 1.28. The molecule has 0 aromatic heterocycles. The molecule has 0 aliphatic heterocycles. The zero-order valence-corrected chi connectivity index (χ0v) is 7.09. The number of allylic oxidation sites excluding steroid dienone is 2. The second kappa shape index (κ2) is 3.01. The first-order valence-corrected chi connectivity index (χ1v) is 3.88. The molecule has 0 saturated carbocycles. The van der Waals surface area contributed by atoms with Crippen molar-refractivity contribution in [1.82, 2.24) is 0 Å². The second-order valence-corrected chi connectivity index (χ2v) is 2.88. The van der Waals surface area contributed by atoms with E-state index in [1.54, 1.807) is 13.8 Å². The highest BCUT2D eigenvalue weighted by molar-refractivity contribution is 6.49. The van der Waals surface area contributed by atoms with E-state index in [2.05, 4.69) is 0 Å². The number of rotatable bonds is 1. The number of hydrogen-bond acceptors (Lipinski definition) is 3. The van der Waals surface area contributed by atoms with Crippen molar-refractivity contribution in [2.45, 2.75) is 20.3 Å². The van der Waals surface area contributed by atoms with Gasteiger partial charge in [0.2, 0.25) is 11.6 Å². The minimum atomic E-state index is -0.720. The predicted molar refractivity (Wildman–Crippen MR) is 42.6 cm³/mol. The average Bonchev–Trinajstić information content (AvgIpc) is 2.02. The molecule has 1 aliphatic rings. The molecule has 3 nitrogen and oxygen atoms in total. The van der Waals surface area contributed by atoms with Gasteiger partial charge in [0, 0.05) is 0 Å². The molecule has 0 fully saturated rings. The highest BCUT2D eigenvalue weighted by Crippen LogP contribution is 2.17. The third-order valence-corrected chi connectivity index (χ3v) is 2.02. The van der Waals surface area contributed by atoms with Crippen molar-refractivity contribution in [2.75, 3.05) is 0 Å². The Morgan fingerprint density at radius 1 is 1.25 bits per heavy atom. The van der Waals surface area contributed by atoms with Gasteiger partial charge in [0.05, 0.1) is 5.92 Å². The van der Waals surface area contributed by atoms with Crippen LogP contribution in [0, 0.1) is 5.92 Å². The van der Waals surface area contributed by atoms with Crippen LogP contribution in [0.25, 0.3) is 0 Å². The molecule has 1 unspecified atom stereocenters. The SMILES string of the molecule is CCC1C(=O)C(=O)C=C(C)C1=O. The van der Waals surface area contributed by atoms with Crippen LogP contribution in [0.4, 0.5) is 0 Å². The van der Waals surface area contributed by atoms with Gasteiger partial charge in [0.15, 0.2) is 5.78 Å². The van der Waals surface area contributed by atoms with Crippen LogP contribution in [0.3, 0.4) is 0 Å². The summed E-state index contributed by atoms with van der Waals surface area (Å²) in [4.78, 5) is 33.3. The van der Waals surface area contributed by atoms with Gasteiger partial charge in [-0.25, -0.2) is 0 Å². The third kappa shape index (κ3) is 1.22. The minimum absolute atomic E-state index is 0.206. The molecule has 0 aromatic carbocycles. The van der Waals surface area contributed by atoms with Crippen LogP contribution in [0.15, 0.2) is 11.6 Å². The molecule has 12 heavy (non-hydrogen) atoms. The van der Waals surface area contributed by atoms with Gasteiger partial charge in [-0.1, -0.05) is 6.92 Å². The van der Waals surface area contributed by atoms with Crippen molar-refractivity contribution in [2.24, 2.45) is 5.92 Å². The topological polar surface area (TPSA) is 51.2 Å². The van der Waals surface area contributed by atoms with E-state index in [0.29, 0.717) is 12.0 Å². The van der Waals surface area contributed by atoms with Gasteiger partial charge in [-0.2, -0.15) is 0 Å². The summed E-state index contributed by atoms with van der Waals surface area (Å²) in [6.45, 7) is 3.29. The Hall–Kier alpha value is -1.25. The molecular formula is C9H10O3. The molecule has 64 valence electrons. The van der Waals surface area contributed by atoms with Crippen molar-refractivity contribution in [3.05, 3.63) is 11.6 Å². The van der Waals surface area contributed by atoms with E-state index in [1.165, 1.54) is 0 Å². The molecule has 0 spiro atoms. The second-order valence-electron chi connectivity index (χ2n) is 2.88. The van der Waals surface area contributed by atoms with Crippen LogP contribution in [0.2, 0.25) is 0 Å². The molecule has 0 heterocycles. The van der Waals surface area contributed by atoms with Crippen molar-refractivity contribution >= 4 is 17.3 Å². The zero-order valence-electron chi connectivity index (χ0n) is 7.09. The summed E-state index contributed by atoms with van der Waals surface area (Å²) >= 11 is 0. The predicted octanol–water partition coefficient (Wildman–Crippen LogP) is 0.680. The van der Waals surface area contributed by atoms with Crippen molar-refractivity contribution < 1.29 is 14.4 Å². The van der Waals surface area contributed by atoms with E-state index < -0.39 is 17.5 Å².